The molecule has 5 nitrogen and oxygen atoms in total. The van der Waals surface area contributed by atoms with Gasteiger partial charge in [0, 0.05) is 5.71 Å². The zero-order valence-corrected chi connectivity index (χ0v) is 12.0. The number of esters is 1. The number of hydrogen-bond acceptors (Lipinski definition) is 4. The number of amides is 1. The Bertz CT molecular complexity index is 508. The summed E-state index contributed by atoms with van der Waals surface area (Å²) in [6.07, 6.45) is -0.707. The second-order valence-electron chi connectivity index (χ2n) is 4.37. The lowest BCUT2D eigenvalue weighted by molar-refractivity contribution is -0.141. The molecule has 0 saturated carbocycles. The molecule has 0 fully saturated rings. The fraction of sp³-hybridized carbons (Fsp3) is 0.400. The standard InChI is InChI=1S/C15H19NO4/c1-4-19-14(17)9-12(3)16-15(18)20-10-13-7-5-6-11(2)8-13/h5-8H,4,9-10H2,1-3H3. The van der Waals surface area contributed by atoms with Gasteiger partial charge in [-0.2, -0.15) is 4.99 Å². The molecule has 0 bridgehead atoms. The van der Waals surface area contributed by atoms with Crippen LogP contribution in [0.25, 0.3) is 0 Å². The molecule has 1 aromatic rings. The third-order valence-electron chi connectivity index (χ3n) is 2.43. The number of aryl methyl sites for hydroxylation is 1. The van der Waals surface area contributed by atoms with Gasteiger partial charge in [-0.15, -0.1) is 0 Å². The molecule has 20 heavy (non-hydrogen) atoms. The number of nitrogens with zero attached hydrogens (tertiary/aromatic N) is 1. The second-order valence-corrected chi connectivity index (χ2v) is 4.37. The smallest absolute Gasteiger partial charge is 0.433 e. The minimum Gasteiger partial charge on any atom is -0.466 e. The maximum absolute atomic E-state index is 11.5. The van der Waals surface area contributed by atoms with Crippen molar-refractivity contribution in [3.8, 4) is 0 Å². The first-order chi connectivity index (χ1) is 9.51. The van der Waals surface area contributed by atoms with Gasteiger partial charge in [-0.1, -0.05) is 29.8 Å². The third-order valence-corrected chi connectivity index (χ3v) is 2.43. The summed E-state index contributed by atoms with van der Waals surface area (Å²) < 4.78 is 9.78. The van der Waals surface area contributed by atoms with Gasteiger partial charge in [-0.25, -0.2) is 4.79 Å². The molecule has 0 spiro atoms. The quantitative estimate of drug-likeness (QED) is 0.613. The van der Waals surface area contributed by atoms with Crippen molar-refractivity contribution in [2.75, 3.05) is 6.61 Å². The van der Waals surface area contributed by atoms with E-state index in [1.54, 1.807) is 13.8 Å². The Labute approximate surface area is 118 Å². The van der Waals surface area contributed by atoms with Gasteiger partial charge in [0.05, 0.1) is 13.0 Å². The summed E-state index contributed by atoms with van der Waals surface area (Å²) in [6.45, 7) is 5.75. The third kappa shape index (κ3) is 6.13. The van der Waals surface area contributed by atoms with Crippen LogP contribution in [0.1, 0.15) is 31.4 Å². The molecule has 0 aliphatic carbocycles. The fourth-order valence-corrected chi connectivity index (χ4v) is 1.60. The summed E-state index contributed by atoms with van der Waals surface area (Å²) in [6, 6.07) is 7.67. The van der Waals surface area contributed by atoms with E-state index in [9.17, 15) is 9.59 Å². The number of benzene rings is 1. The molecule has 0 saturated heterocycles. The highest BCUT2D eigenvalue weighted by molar-refractivity contribution is 6.01. The first-order valence-electron chi connectivity index (χ1n) is 6.43. The number of carbonyl (C=O) groups excluding carboxylic acids is 2. The van der Waals surface area contributed by atoms with Crippen LogP contribution in [-0.4, -0.2) is 24.4 Å². The van der Waals surface area contributed by atoms with Crippen molar-refractivity contribution in [2.24, 2.45) is 4.99 Å². The first-order valence-corrected chi connectivity index (χ1v) is 6.43. The van der Waals surface area contributed by atoms with Gasteiger partial charge in [0.1, 0.15) is 6.61 Å². The summed E-state index contributed by atoms with van der Waals surface area (Å²) in [5.74, 6) is -0.403. The van der Waals surface area contributed by atoms with Crippen LogP contribution >= 0.6 is 0 Å². The monoisotopic (exact) mass is 277 g/mol. The van der Waals surface area contributed by atoms with Crippen molar-refractivity contribution in [3.63, 3.8) is 0 Å². The number of aliphatic imine (C=N–C) groups is 1. The maximum atomic E-state index is 11.5. The van der Waals surface area contributed by atoms with Crippen LogP contribution in [0.15, 0.2) is 29.3 Å². The second kappa shape index (κ2) is 8.09. The van der Waals surface area contributed by atoms with Gasteiger partial charge in [-0.3, -0.25) is 4.79 Å². The molecule has 0 heterocycles. The van der Waals surface area contributed by atoms with Crippen molar-refractivity contribution in [3.05, 3.63) is 35.4 Å². The van der Waals surface area contributed by atoms with Crippen molar-refractivity contribution < 1.29 is 19.1 Å². The molecule has 1 amide bonds. The molecular formula is C15H19NO4. The summed E-state index contributed by atoms with van der Waals surface area (Å²) in [5, 5.41) is 0. The van der Waals surface area contributed by atoms with Crippen molar-refractivity contribution in [1.29, 1.82) is 0 Å². The summed E-state index contributed by atoms with van der Waals surface area (Å²) >= 11 is 0. The molecular weight excluding hydrogens is 258 g/mol. The van der Waals surface area contributed by atoms with E-state index in [1.165, 1.54) is 0 Å². The van der Waals surface area contributed by atoms with E-state index in [1.807, 2.05) is 31.2 Å². The number of hydrogen-bond donors (Lipinski definition) is 0. The zero-order chi connectivity index (χ0) is 15.0. The van der Waals surface area contributed by atoms with Crippen LogP contribution in [0.5, 0.6) is 0 Å². The lowest BCUT2D eigenvalue weighted by atomic mass is 10.1. The van der Waals surface area contributed by atoms with E-state index in [-0.39, 0.29) is 13.0 Å². The van der Waals surface area contributed by atoms with Gasteiger partial charge in [-0.05, 0) is 26.3 Å². The highest BCUT2D eigenvalue weighted by Gasteiger charge is 2.07. The minimum absolute atomic E-state index is 0.00656. The van der Waals surface area contributed by atoms with Gasteiger partial charge < -0.3 is 9.47 Å². The van der Waals surface area contributed by atoms with E-state index in [2.05, 4.69) is 4.99 Å². The lowest BCUT2D eigenvalue weighted by Gasteiger charge is -2.04. The summed E-state index contributed by atoms with van der Waals surface area (Å²) in [5.41, 5.74) is 2.37. The Morgan fingerprint density at radius 2 is 2.00 bits per heavy atom. The van der Waals surface area contributed by atoms with E-state index in [4.69, 9.17) is 9.47 Å². The molecule has 0 radical (unpaired) electrons. The van der Waals surface area contributed by atoms with E-state index in [0.717, 1.165) is 11.1 Å². The van der Waals surface area contributed by atoms with Crippen molar-refractivity contribution >= 4 is 17.8 Å². The minimum atomic E-state index is -0.701. The van der Waals surface area contributed by atoms with Gasteiger partial charge in [0.25, 0.3) is 0 Å². The number of carbonyl (C=O) groups is 2. The van der Waals surface area contributed by atoms with Gasteiger partial charge >= 0.3 is 12.1 Å². The molecule has 0 unspecified atom stereocenters. The Morgan fingerprint density at radius 1 is 1.25 bits per heavy atom. The fourth-order valence-electron chi connectivity index (χ4n) is 1.60. The lowest BCUT2D eigenvalue weighted by Crippen LogP contribution is -2.11. The molecule has 0 aliphatic heterocycles. The molecule has 5 heteroatoms. The van der Waals surface area contributed by atoms with E-state index >= 15 is 0 Å². The van der Waals surface area contributed by atoms with Crippen LogP contribution < -0.4 is 0 Å². The molecule has 0 aliphatic rings. The van der Waals surface area contributed by atoms with E-state index < -0.39 is 12.1 Å². The van der Waals surface area contributed by atoms with Gasteiger partial charge in [0.15, 0.2) is 0 Å². The van der Waals surface area contributed by atoms with E-state index in [0.29, 0.717) is 12.3 Å². The zero-order valence-electron chi connectivity index (χ0n) is 12.0. The predicted octanol–water partition coefficient (Wildman–Crippen LogP) is 3.05. The van der Waals surface area contributed by atoms with Crippen molar-refractivity contribution in [2.45, 2.75) is 33.8 Å². The topological polar surface area (TPSA) is 65.0 Å². The average Bonchev–Trinajstić information content (AvgIpc) is 2.36. The molecule has 0 atom stereocenters. The Hall–Kier alpha value is -2.17. The molecule has 1 rings (SSSR count). The molecule has 0 N–H and O–H groups in total. The Kier molecular flexibility index (Phi) is 6.43. The van der Waals surface area contributed by atoms with Crippen LogP contribution in [0.4, 0.5) is 4.79 Å². The largest absolute Gasteiger partial charge is 0.466 e. The van der Waals surface area contributed by atoms with Gasteiger partial charge in [0.2, 0.25) is 0 Å². The average molecular weight is 277 g/mol. The SMILES string of the molecule is CCOC(=O)CC(C)=NC(=O)OCc1cccc(C)c1. The van der Waals surface area contributed by atoms with Crippen LogP contribution in [0, 0.1) is 6.92 Å². The Morgan fingerprint density at radius 3 is 2.65 bits per heavy atom. The molecule has 108 valence electrons. The maximum Gasteiger partial charge on any atom is 0.433 e. The Balaban J connectivity index is 2.44. The van der Waals surface area contributed by atoms with Crippen molar-refractivity contribution in [1.82, 2.24) is 0 Å². The normalized spacial score (nSPS) is 11.1. The predicted molar refractivity (Wildman–Crippen MR) is 75.7 cm³/mol. The highest BCUT2D eigenvalue weighted by atomic mass is 16.5. The molecule has 1 aromatic carbocycles. The molecule has 0 aromatic heterocycles. The summed E-state index contributed by atoms with van der Waals surface area (Å²) in [4.78, 5) is 26.4. The van der Waals surface area contributed by atoms with Crippen LogP contribution in [0.3, 0.4) is 0 Å². The first kappa shape index (κ1) is 15.9. The number of rotatable bonds is 5. The highest BCUT2D eigenvalue weighted by Crippen LogP contribution is 2.06. The van der Waals surface area contributed by atoms with Crippen LogP contribution in [0.2, 0.25) is 0 Å². The summed E-state index contributed by atoms with van der Waals surface area (Å²) in [7, 11) is 0. The van der Waals surface area contributed by atoms with Crippen LogP contribution in [-0.2, 0) is 20.9 Å². The number of ether oxygens (including phenoxy) is 2.